The highest BCUT2D eigenvalue weighted by molar-refractivity contribution is 5.78. The molecule has 0 aliphatic rings. The van der Waals surface area contributed by atoms with E-state index in [0.29, 0.717) is 19.6 Å². The molecule has 0 bridgehead atoms. The second-order valence-corrected chi connectivity index (χ2v) is 5.29. The smallest absolute Gasteiger partial charge is 0.323 e. The summed E-state index contributed by atoms with van der Waals surface area (Å²) >= 11 is 0. The highest BCUT2D eigenvalue weighted by Crippen LogP contribution is 2.16. The Labute approximate surface area is 121 Å². The zero-order chi connectivity index (χ0) is 15.0. The molecule has 1 unspecified atom stereocenters. The highest BCUT2D eigenvalue weighted by Gasteiger charge is 2.30. The Kier molecular flexibility index (Phi) is 6.52. The Balaban J connectivity index is 2.29. The van der Waals surface area contributed by atoms with Crippen molar-refractivity contribution in [2.24, 2.45) is 0 Å². The Morgan fingerprint density at radius 3 is 2.75 bits per heavy atom. The van der Waals surface area contributed by atoms with Gasteiger partial charge in [-0.25, -0.2) is 0 Å². The molecule has 4 nitrogen and oxygen atoms in total. The van der Waals surface area contributed by atoms with Gasteiger partial charge in [-0.2, -0.15) is 0 Å². The highest BCUT2D eigenvalue weighted by atomic mass is 16.5. The van der Waals surface area contributed by atoms with Gasteiger partial charge in [0.15, 0.2) is 0 Å². The van der Waals surface area contributed by atoms with Gasteiger partial charge in [-0.1, -0.05) is 19.1 Å². The van der Waals surface area contributed by atoms with Gasteiger partial charge in [0, 0.05) is 0 Å². The molecule has 0 heterocycles. The summed E-state index contributed by atoms with van der Waals surface area (Å²) in [5.41, 5.74) is 0.339. The Morgan fingerprint density at radius 2 is 2.15 bits per heavy atom. The van der Waals surface area contributed by atoms with Crippen LogP contribution < -0.4 is 10.1 Å². The number of carbonyl (C=O) groups is 1. The van der Waals surface area contributed by atoms with Crippen LogP contribution in [0.3, 0.4) is 0 Å². The molecule has 1 rings (SSSR count). The van der Waals surface area contributed by atoms with Gasteiger partial charge in [0.1, 0.15) is 11.3 Å². The van der Waals surface area contributed by atoms with Crippen LogP contribution in [0.2, 0.25) is 0 Å². The van der Waals surface area contributed by atoms with Crippen LogP contribution in [0.4, 0.5) is 0 Å². The van der Waals surface area contributed by atoms with Crippen molar-refractivity contribution in [3.05, 3.63) is 29.8 Å². The zero-order valence-corrected chi connectivity index (χ0v) is 12.6. The Morgan fingerprint density at radius 1 is 1.40 bits per heavy atom. The van der Waals surface area contributed by atoms with Crippen molar-refractivity contribution in [3.8, 4) is 5.75 Å². The Hall–Kier alpha value is -1.55. The van der Waals surface area contributed by atoms with Gasteiger partial charge >= 0.3 is 5.97 Å². The Bertz CT molecular complexity index is 433. The molecule has 0 aliphatic heterocycles. The molecule has 0 fully saturated rings. The third kappa shape index (κ3) is 5.21. The number of likely N-dealkylation sites (N-methyl/N-ethyl adjacent to an activating group) is 1. The van der Waals surface area contributed by atoms with E-state index in [-0.39, 0.29) is 0 Å². The summed E-state index contributed by atoms with van der Waals surface area (Å²) in [6.45, 7) is 6.96. The molecule has 1 aromatic rings. The van der Waals surface area contributed by atoms with Crippen LogP contribution in [0.1, 0.15) is 38.7 Å². The molecule has 0 saturated heterocycles. The first-order valence-electron chi connectivity index (χ1n) is 7.16. The minimum atomic E-state index is -0.835. The van der Waals surface area contributed by atoms with Crippen molar-refractivity contribution in [2.45, 2.75) is 45.6 Å². The second-order valence-electron chi connectivity index (χ2n) is 5.29. The van der Waals surface area contributed by atoms with Crippen molar-refractivity contribution < 1.29 is 14.6 Å². The lowest BCUT2D eigenvalue weighted by Gasteiger charge is -2.25. The number of hydrogen-bond acceptors (Lipinski definition) is 3. The molecule has 20 heavy (non-hydrogen) atoms. The van der Waals surface area contributed by atoms with Gasteiger partial charge in [-0.3, -0.25) is 4.79 Å². The lowest BCUT2D eigenvalue weighted by Crippen LogP contribution is -2.49. The van der Waals surface area contributed by atoms with Gasteiger partial charge in [0.25, 0.3) is 0 Å². The third-order valence-corrected chi connectivity index (χ3v) is 3.37. The van der Waals surface area contributed by atoms with Gasteiger partial charge in [-0.15, -0.1) is 0 Å². The molecule has 0 aliphatic carbocycles. The molecule has 2 N–H and O–H groups in total. The molecule has 0 amide bonds. The molecular formula is C16H25NO3. The van der Waals surface area contributed by atoms with Crippen LogP contribution >= 0.6 is 0 Å². The van der Waals surface area contributed by atoms with Crippen LogP contribution in [-0.2, 0) is 4.79 Å². The first kappa shape index (κ1) is 16.5. The molecule has 4 heteroatoms. The summed E-state index contributed by atoms with van der Waals surface area (Å²) in [6, 6.07) is 7.94. The van der Waals surface area contributed by atoms with Crippen molar-refractivity contribution >= 4 is 5.97 Å². The van der Waals surface area contributed by atoms with Crippen molar-refractivity contribution in [3.63, 3.8) is 0 Å². The van der Waals surface area contributed by atoms with Crippen molar-refractivity contribution in [1.82, 2.24) is 5.32 Å². The fourth-order valence-corrected chi connectivity index (χ4v) is 2.14. The molecular weight excluding hydrogens is 254 g/mol. The number of rotatable bonds is 9. The first-order valence-corrected chi connectivity index (χ1v) is 7.16. The molecule has 0 saturated carbocycles. The van der Waals surface area contributed by atoms with Crippen LogP contribution in [-0.4, -0.2) is 29.8 Å². The summed E-state index contributed by atoms with van der Waals surface area (Å²) in [4.78, 5) is 11.2. The summed E-state index contributed by atoms with van der Waals surface area (Å²) in [6.07, 6.45) is 2.27. The van der Waals surface area contributed by atoms with Gasteiger partial charge in [0.05, 0.1) is 6.61 Å². The summed E-state index contributed by atoms with van der Waals surface area (Å²) in [7, 11) is 0. The maximum atomic E-state index is 11.2. The number of aliphatic carboxylic acids is 1. The van der Waals surface area contributed by atoms with Gasteiger partial charge < -0.3 is 15.2 Å². The number of unbranched alkanes of at least 4 members (excludes halogenated alkanes) is 1. The standard InChI is InChI=1S/C16H25NO3/c1-4-17-16(3,15(18)19)10-5-6-11-20-14-9-7-8-13(2)12-14/h7-9,12,17H,4-6,10-11H2,1-3H3,(H,18,19). The summed E-state index contributed by atoms with van der Waals surface area (Å²) in [5, 5.41) is 12.3. The molecule has 112 valence electrons. The van der Waals surface area contributed by atoms with E-state index >= 15 is 0 Å². The zero-order valence-electron chi connectivity index (χ0n) is 12.6. The molecule has 0 radical (unpaired) electrons. The van der Waals surface area contributed by atoms with Gasteiger partial charge in [-0.05, 0) is 57.4 Å². The lowest BCUT2D eigenvalue weighted by atomic mass is 9.95. The van der Waals surface area contributed by atoms with E-state index in [9.17, 15) is 9.90 Å². The predicted molar refractivity (Wildman–Crippen MR) is 80.2 cm³/mol. The third-order valence-electron chi connectivity index (χ3n) is 3.37. The lowest BCUT2D eigenvalue weighted by molar-refractivity contribution is -0.144. The van der Waals surface area contributed by atoms with Crippen LogP contribution in [0.25, 0.3) is 0 Å². The van der Waals surface area contributed by atoms with E-state index in [2.05, 4.69) is 5.32 Å². The number of aryl methyl sites for hydroxylation is 1. The molecule has 0 aromatic heterocycles. The minimum Gasteiger partial charge on any atom is -0.494 e. The first-order chi connectivity index (χ1) is 9.48. The number of carboxylic acid groups (broad SMARTS) is 1. The molecule has 1 atom stereocenters. The van der Waals surface area contributed by atoms with Crippen LogP contribution in [0, 0.1) is 6.92 Å². The summed E-state index contributed by atoms with van der Waals surface area (Å²) < 4.78 is 5.65. The second kappa shape index (κ2) is 7.90. The number of carboxylic acids is 1. The fourth-order valence-electron chi connectivity index (χ4n) is 2.14. The van der Waals surface area contributed by atoms with Crippen molar-refractivity contribution in [1.29, 1.82) is 0 Å². The average Bonchev–Trinajstić information content (AvgIpc) is 2.38. The number of nitrogens with one attached hydrogen (secondary N) is 1. The quantitative estimate of drug-likeness (QED) is 0.682. The number of benzene rings is 1. The minimum absolute atomic E-state index is 0.605. The number of hydrogen-bond donors (Lipinski definition) is 2. The van der Waals surface area contributed by atoms with Crippen molar-refractivity contribution in [2.75, 3.05) is 13.2 Å². The normalized spacial score (nSPS) is 13.8. The van der Waals surface area contributed by atoms with Crippen LogP contribution in [0.15, 0.2) is 24.3 Å². The summed E-state index contributed by atoms with van der Waals surface area (Å²) in [5.74, 6) is 0.0802. The van der Waals surface area contributed by atoms with Gasteiger partial charge in [0.2, 0.25) is 0 Å². The number of ether oxygens (including phenoxy) is 1. The maximum absolute atomic E-state index is 11.2. The van der Waals surface area contributed by atoms with E-state index in [0.717, 1.165) is 18.6 Å². The average molecular weight is 279 g/mol. The SMILES string of the molecule is CCNC(C)(CCCCOc1cccc(C)c1)C(=O)O. The van der Waals surface area contributed by atoms with E-state index in [1.54, 1.807) is 6.92 Å². The topological polar surface area (TPSA) is 58.6 Å². The van der Waals surface area contributed by atoms with Crippen LogP contribution in [0.5, 0.6) is 5.75 Å². The maximum Gasteiger partial charge on any atom is 0.323 e. The predicted octanol–water partition coefficient (Wildman–Crippen LogP) is 3.00. The van der Waals surface area contributed by atoms with E-state index in [1.165, 1.54) is 5.56 Å². The van der Waals surface area contributed by atoms with E-state index in [4.69, 9.17) is 4.74 Å². The largest absolute Gasteiger partial charge is 0.494 e. The van der Waals surface area contributed by atoms with E-state index < -0.39 is 11.5 Å². The molecule has 0 spiro atoms. The fraction of sp³-hybridized carbons (Fsp3) is 0.562. The monoisotopic (exact) mass is 279 g/mol. The van der Waals surface area contributed by atoms with E-state index in [1.807, 2.05) is 38.1 Å². The molecule has 1 aromatic carbocycles.